The van der Waals surface area contributed by atoms with Crippen molar-refractivity contribution in [3.8, 4) is 0 Å². The van der Waals surface area contributed by atoms with Crippen LogP contribution in [0.25, 0.3) is 0 Å². The van der Waals surface area contributed by atoms with E-state index in [1.165, 1.54) is 17.5 Å². The van der Waals surface area contributed by atoms with Crippen molar-refractivity contribution < 1.29 is 27.5 Å². The minimum atomic E-state index is -3.33. The topological polar surface area (TPSA) is 90.0 Å². The summed E-state index contributed by atoms with van der Waals surface area (Å²) in [7, 11) is -3.33. The second-order valence-corrected chi connectivity index (χ2v) is 10.3. The molecule has 0 heterocycles. The van der Waals surface area contributed by atoms with Gasteiger partial charge in [0.2, 0.25) is 10.0 Å². The molecule has 0 aliphatic heterocycles. The van der Waals surface area contributed by atoms with E-state index in [9.17, 15) is 18.0 Å². The highest BCUT2D eigenvalue weighted by molar-refractivity contribution is 7.88. The molecule has 188 valence electrons. The number of benzene rings is 1. The minimum absolute atomic E-state index is 0.158. The van der Waals surface area contributed by atoms with E-state index in [1.807, 2.05) is 18.2 Å². The molecule has 0 saturated heterocycles. The van der Waals surface area contributed by atoms with Crippen molar-refractivity contribution in [3.63, 3.8) is 0 Å². The molecule has 0 bridgehead atoms. The van der Waals surface area contributed by atoms with Gasteiger partial charge in [-0.05, 0) is 63.5 Å². The summed E-state index contributed by atoms with van der Waals surface area (Å²) in [6.07, 6.45) is 8.49. The number of hydrogen-bond acceptors (Lipinski definition) is 6. The minimum Gasteiger partial charge on any atom is -0.463 e. The Kier molecular flexibility index (Phi) is 14.0. The summed E-state index contributed by atoms with van der Waals surface area (Å²) in [6.45, 7) is 6.47. The number of sulfonamides is 1. The molecule has 33 heavy (non-hydrogen) atoms. The Bertz CT molecular complexity index is 824. The van der Waals surface area contributed by atoms with Crippen molar-refractivity contribution in [2.24, 2.45) is 0 Å². The molecule has 1 aromatic carbocycles. The summed E-state index contributed by atoms with van der Waals surface area (Å²) < 4.78 is 36.5. The summed E-state index contributed by atoms with van der Waals surface area (Å²) in [6, 6.07) is 7.37. The van der Waals surface area contributed by atoms with Crippen LogP contribution < -0.4 is 0 Å². The van der Waals surface area contributed by atoms with Crippen LogP contribution >= 0.6 is 0 Å². The van der Waals surface area contributed by atoms with Crippen LogP contribution in [0.15, 0.2) is 24.3 Å². The number of unbranched alkanes of at least 4 members (excludes halogenated alkanes) is 3. The monoisotopic (exact) mass is 483 g/mol. The molecule has 0 aliphatic rings. The van der Waals surface area contributed by atoms with Crippen LogP contribution in [-0.2, 0) is 30.7 Å². The smallest absolute Gasteiger partial charge is 0.338 e. The molecule has 0 amide bonds. The average Bonchev–Trinajstić information content (AvgIpc) is 2.74. The summed E-state index contributed by atoms with van der Waals surface area (Å²) in [4.78, 5) is 23.5. The first-order valence-electron chi connectivity index (χ1n) is 12.1. The zero-order valence-corrected chi connectivity index (χ0v) is 21.5. The highest BCUT2D eigenvalue weighted by atomic mass is 32.2. The molecule has 1 atom stereocenters. The Balaban J connectivity index is 2.56. The normalized spacial score (nSPS) is 12.5. The first kappa shape index (κ1) is 29.1. The molecular weight excluding hydrogens is 442 g/mol. The first-order valence-corrected chi connectivity index (χ1v) is 13.9. The van der Waals surface area contributed by atoms with E-state index in [4.69, 9.17) is 9.47 Å². The molecule has 0 N–H and O–H groups in total. The van der Waals surface area contributed by atoms with Crippen LogP contribution in [0.5, 0.6) is 0 Å². The molecule has 0 aliphatic carbocycles. The molecule has 0 aromatic heterocycles. The third kappa shape index (κ3) is 12.2. The number of rotatable bonds is 17. The lowest BCUT2D eigenvalue weighted by atomic mass is 10.0. The lowest BCUT2D eigenvalue weighted by molar-refractivity contribution is -0.147. The molecule has 1 unspecified atom stereocenters. The maximum Gasteiger partial charge on any atom is 0.338 e. The average molecular weight is 484 g/mol. The maximum atomic E-state index is 12.3. The Morgan fingerprint density at radius 3 is 2.27 bits per heavy atom. The van der Waals surface area contributed by atoms with Crippen molar-refractivity contribution in [2.45, 2.75) is 84.7 Å². The largest absolute Gasteiger partial charge is 0.463 e. The highest BCUT2D eigenvalue weighted by Gasteiger charge is 2.18. The Labute approximate surface area is 199 Å². The van der Waals surface area contributed by atoms with Crippen molar-refractivity contribution in [2.75, 3.05) is 26.0 Å². The van der Waals surface area contributed by atoms with Crippen molar-refractivity contribution in [1.82, 2.24) is 4.31 Å². The summed E-state index contributed by atoms with van der Waals surface area (Å²) >= 11 is 0. The van der Waals surface area contributed by atoms with Gasteiger partial charge < -0.3 is 9.47 Å². The van der Waals surface area contributed by atoms with Gasteiger partial charge in [-0.25, -0.2) is 17.5 Å². The van der Waals surface area contributed by atoms with Gasteiger partial charge in [0.1, 0.15) is 6.10 Å². The highest BCUT2D eigenvalue weighted by Crippen LogP contribution is 2.16. The van der Waals surface area contributed by atoms with E-state index in [0.29, 0.717) is 50.9 Å². The third-order valence-electron chi connectivity index (χ3n) is 5.48. The molecule has 0 saturated carbocycles. The van der Waals surface area contributed by atoms with Crippen LogP contribution in [-0.4, -0.2) is 56.7 Å². The molecule has 0 spiro atoms. The third-order valence-corrected chi connectivity index (χ3v) is 6.78. The number of carbonyl (C=O) groups is 2. The van der Waals surface area contributed by atoms with Gasteiger partial charge in [-0.3, -0.25) is 4.79 Å². The zero-order valence-electron chi connectivity index (χ0n) is 20.7. The van der Waals surface area contributed by atoms with Gasteiger partial charge in [0.05, 0.1) is 18.4 Å². The van der Waals surface area contributed by atoms with Gasteiger partial charge in [0.25, 0.3) is 0 Å². The second kappa shape index (κ2) is 15.8. The summed E-state index contributed by atoms with van der Waals surface area (Å²) in [5.74, 6) is -0.619. The zero-order chi connectivity index (χ0) is 24.7. The van der Waals surface area contributed by atoms with E-state index < -0.39 is 10.0 Å². The first-order chi connectivity index (χ1) is 15.7. The number of nitrogens with zero attached hydrogens (tertiary/aromatic N) is 1. The van der Waals surface area contributed by atoms with E-state index >= 15 is 0 Å². The predicted octanol–water partition coefficient (Wildman–Crippen LogP) is 4.74. The van der Waals surface area contributed by atoms with Crippen molar-refractivity contribution in [1.29, 1.82) is 0 Å². The van der Waals surface area contributed by atoms with E-state index in [2.05, 4.69) is 6.92 Å². The molecule has 7 nitrogen and oxygen atoms in total. The van der Waals surface area contributed by atoms with Gasteiger partial charge in [0, 0.05) is 20.0 Å². The summed E-state index contributed by atoms with van der Waals surface area (Å²) in [5, 5.41) is 0. The fourth-order valence-electron chi connectivity index (χ4n) is 3.81. The van der Waals surface area contributed by atoms with Gasteiger partial charge >= 0.3 is 11.9 Å². The standard InChI is InChI=1S/C25H41NO6S/c1-5-7-8-16-23(32-21(3)27)17-13-20-26(33(4,29)30)19-12-11-15-22-14-9-10-18-24(22)25(28)31-6-2/h9-10,14,18,23H,5-8,11-13,15-17,19-20H2,1-4H3. The molecular formula is C25H41NO6S. The van der Waals surface area contributed by atoms with E-state index in [0.717, 1.165) is 37.7 Å². The van der Waals surface area contributed by atoms with Crippen LogP contribution in [0.4, 0.5) is 0 Å². The van der Waals surface area contributed by atoms with Gasteiger partial charge in [0.15, 0.2) is 0 Å². The maximum absolute atomic E-state index is 12.3. The number of aryl methyl sites for hydroxylation is 1. The molecule has 1 rings (SSSR count). The van der Waals surface area contributed by atoms with Crippen molar-refractivity contribution >= 4 is 22.0 Å². The summed E-state index contributed by atoms with van der Waals surface area (Å²) in [5.41, 5.74) is 1.48. The molecule has 0 fully saturated rings. The molecule has 8 heteroatoms. The number of hydrogen-bond donors (Lipinski definition) is 0. The quantitative estimate of drug-likeness (QED) is 0.235. The van der Waals surface area contributed by atoms with Crippen LogP contribution in [0.2, 0.25) is 0 Å². The van der Waals surface area contributed by atoms with Crippen molar-refractivity contribution in [3.05, 3.63) is 35.4 Å². The number of carbonyl (C=O) groups excluding carboxylic acids is 2. The fourth-order valence-corrected chi connectivity index (χ4v) is 4.73. The second-order valence-electron chi connectivity index (χ2n) is 8.37. The molecule has 0 radical (unpaired) electrons. The Morgan fingerprint density at radius 1 is 0.970 bits per heavy atom. The van der Waals surface area contributed by atoms with E-state index in [-0.39, 0.29) is 18.0 Å². The lowest BCUT2D eigenvalue weighted by Crippen LogP contribution is -2.32. The number of esters is 2. The molecule has 1 aromatic rings. The Morgan fingerprint density at radius 2 is 1.64 bits per heavy atom. The van der Waals surface area contributed by atoms with Gasteiger partial charge in [-0.1, -0.05) is 38.0 Å². The lowest BCUT2D eigenvalue weighted by Gasteiger charge is -2.22. The number of ether oxygens (including phenoxy) is 2. The fraction of sp³-hybridized carbons (Fsp3) is 0.680. The predicted molar refractivity (Wildman–Crippen MR) is 131 cm³/mol. The van der Waals surface area contributed by atoms with Gasteiger partial charge in [-0.2, -0.15) is 0 Å². The van der Waals surface area contributed by atoms with Crippen LogP contribution in [0.3, 0.4) is 0 Å². The SMILES string of the molecule is CCCCCC(CCCN(CCCCc1ccccc1C(=O)OCC)S(C)(=O)=O)OC(C)=O. The van der Waals surface area contributed by atoms with Crippen LogP contribution in [0.1, 0.15) is 88.1 Å². The van der Waals surface area contributed by atoms with Crippen LogP contribution in [0, 0.1) is 0 Å². The Hall–Kier alpha value is -1.93. The van der Waals surface area contributed by atoms with Gasteiger partial charge in [-0.15, -0.1) is 0 Å². The van der Waals surface area contributed by atoms with E-state index in [1.54, 1.807) is 13.0 Å².